The summed E-state index contributed by atoms with van der Waals surface area (Å²) in [6.45, 7) is 10.8. The van der Waals surface area contributed by atoms with Crippen LogP contribution in [-0.4, -0.2) is 54.6 Å². The van der Waals surface area contributed by atoms with Crippen molar-refractivity contribution in [1.29, 1.82) is 0 Å². The standard InChI is InChI=1S/C13H23N3/c1-10-11(2)16-8-7-15(9-13(10)16)12-3-5-14-6-4-12/h11-12,14H,3-9H2,1-2H3. The highest BCUT2D eigenvalue weighted by Crippen LogP contribution is 2.34. The molecular weight excluding hydrogens is 198 g/mol. The second-order valence-electron chi connectivity index (χ2n) is 5.45. The minimum Gasteiger partial charge on any atom is -0.366 e. The largest absolute Gasteiger partial charge is 0.366 e. The lowest BCUT2D eigenvalue weighted by atomic mass is 9.92. The summed E-state index contributed by atoms with van der Waals surface area (Å²) in [6.07, 6.45) is 2.67. The molecule has 0 saturated carbocycles. The summed E-state index contributed by atoms with van der Waals surface area (Å²) in [5.41, 5.74) is 3.25. The van der Waals surface area contributed by atoms with Gasteiger partial charge in [0.05, 0.1) is 0 Å². The zero-order valence-corrected chi connectivity index (χ0v) is 10.5. The van der Waals surface area contributed by atoms with Gasteiger partial charge in [0.2, 0.25) is 0 Å². The first-order chi connectivity index (χ1) is 7.77. The second-order valence-corrected chi connectivity index (χ2v) is 5.45. The van der Waals surface area contributed by atoms with Crippen LogP contribution >= 0.6 is 0 Å². The number of piperidine rings is 1. The molecule has 3 heterocycles. The number of nitrogens with one attached hydrogen (secondary N) is 1. The number of hydrogen-bond acceptors (Lipinski definition) is 3. The molecule has 16 heavy (non-hydrogen) atoms. The summed E-state index contributed by atoms with van der Waals surface area (Å²) in [4.78, 5) is 5.30. The van der Waals surface area contributed by atoms with E-state index in [1.54, 1.807) is 11.3 Å². The Kier molecular flexibility index (Phi) is 2.68. The molecule has 3 heteroatoms. The van der Waals surface area contributed by atoms with Gasteiger partial charge in [-0.05, 0) is 45.4 Å². The Morgan fingerprint density at radius 3 is 2.69 bits per heavy atom. The summed E-state index contributed by atoms with van der Waals surface area (Å²) in [5.74, 6) is 0. The molecule has 0 aromatic heterocycles. The Bertz CT molecular complexity index is 304. The molecule has 0 aromatic rings. The van der Waals surface area contributed by atoms with Crippen molar-refractivity contribution in [1.82, 2.24) is 15.1 Å². The average molecular weight is 221 g/mol. The molecular formula is C13H23N3. The summed E-state index contributed by atoms with van der Waals surface area (Å²) in [6, 6.07) is 1.55. The molecule has 0 radical (unpaired) electrons. The Balaban J connectivity index is 1.66. The number of piperazine rings is 1. The van der Waals surface area contributed by atoms with Crippen molar-refractivity contribution >= 4 is 0 Å². The van der Waals surface area contributed by atoms with E-state index in [2.05, 4.69) is 29.0 Å². The summed E-state index contributed by atoms with van der Waals surface area (Å²) in [5, 5.41) is 3.45. The van der Waals surface area contributed by atoms with E-state index in [-0.39, 0.29) is 0 Å². The predicted octanol–water partition coefficient (Wildman–Crippen LogP) is 1.03. The average Bonchev–Trinajstić information content (AvgIpc) is 2.38. The molecule has 3 aliphatic rings. The molecule has 1 N–H and O–H groups in total. The van der Waals surface area contributed by atoms with Crippen LogP contribution in [0.4, 0.5) is 0 Å². The fourth-order valence-electron chi connectivity index (χ4n) is 3.40. The lowest BCUT2D eigenvalue weighted by molar-refractivity contribution is 0.0803. The smallest absolute Gasteiger partial charge is 0.0489 e. The lowest BCUT2D eigenvalue weighted by Crippen LogP contribution is -2.58. The molecule has 1 atom stereocenters. The van der Waals surface area contributed by atoms with Gasteiger partial charge in [-0.3, -0.25) is 4.90 Å². The molecule has 3 aliphatic heterocycles. The van der Waals surface area contributed by atoms with Crippen molar-refractivity contribution in [2.75, 3.05) is 32.7 Å². The molecule has 2 fully saturated rings. The minimum atomic E-state index is 0.713. The molecule has 0 aliphatic carbocycles. The Morgan fingerprint density at radius 2 is 1.94 bits per heavy atom. The van der Waals surface area contributed by atoms with Gasteiger partial charge in [0.25, 0.3) is 0 Å². The van der Waals surface area contributed by atoms with E-state index in [0.717, 1.165) is 6.04 Å². The van der Waals surface area contributed by atoms with Crippen LogP contribution in [0, 0.1) is 0 Å². The molecule has 2 saturated heterocycles. The van der Waals surface area contributed by atoms with Crippen molar-refractivity contribution in [3.05, 3.63) is 11.3 Å². The van der Waals surface area contributed by atoms with E-state index in [4.69, 9.17) is 0 Å². The van der Waals surface area contributed by atoms with E-state index in [1.165, 1.54) is 45.6 Å². The Hall–Kier alpha value is -0.540. The maximum Gasteiger partial charge on any atom is 0.0489 e. The van der Waals surface area contributed by atoms with Gasteiger partial charge >= 0.3 is 0 Å². The van der Waals surface area contributed by atoms with E-state index in [1.807, 2.05) is 0 Å². The second kappa shape index (κ2) is 4.04. The van der Waals surface area contributed by atoms with Gasteiger partial charge in [-0.15, -0.1) is 0 Å². The van der Waals surface area contributed by atoms with E-state index < -0.39 is 0 Å². The van der Waals surface area contributed by atoms with E-state index in [9.17, 15) is 0 Å². The summed E-state index contributed by atoms with van der Waals surface area (Å²) >= 11 is 0. The Morgan fingerprint density at radius 1 is 1.19 bits per heavy atom. The SMILES string of the molecule is CC1=C2CN(C3CCNCC3)CCN2C1C. The highest BCUT2D eigenvalue weighted by Gasteiger charge is 2.37. The van der Waals surface area contributed by atoms with Gasteiger partial charge < -0.3 is 10.2 Å². The van der Waals surface area contributed by atoms with Gasteiger partial charge in [0, 0.05) is 37.4 Å². The molecule has 0 bridgehead atoms. The highest BCUT2D eigenvalue weighted by atomic mass is 15.3. The summed E-state index contributed by atoms with van der Waals surface area (Å²) in [7, 11) is 0. The molecule has 3 rings (SSSR count). The Labute approximate surface area is 98.5 Å². The number of fused-ring (bicyclic) bond motifs is 1. The van der Waals surface area contributed by atoms with Crippen LogP contribution in [-0.2, 0) is 0 Å². The minimum absolute atomic E-state index is 0.713. The number of rotatable bonds is 1. The molecule has 0 aromatic carbocycles. The normalized spacial score (nSPS) is 32.6. The number of hydrogen-bond donors (Lipinski definition) is 1. The fourth-order valence-corrected chi connectivity index (χ4v) is 3.40. The van der Waals surface area contributed by atoms with Gasteiger partial charge in [-0.25, -0.2) is 0 Å². The van der Waals surface area contributed by atoms with Crippen LogP contribution in [0.25, 0.3) is 0 Å². The lowest BCUT2D eigenvalue weighted by Gasteiger charge is -2.52. The maximum absolute atomic E-state index is 3.45. The molecule has 0 spiro atoms. The number of nitrogens with zero attached hydrogens (tertiary/aromatic N) is 2. The first-order valence-electron chi connectivity index (χ1n) is 6.68. The van der Waals surface area contributed by atoms with Crippen molar-refractivity contribution in [2.24, 2.45) is 0 Å². The van der Waals surface area contributed by atoms with Gasteiger partial charge in [0.1, 0.15) is 0 Å². The van der Waals surface area contributed by atoms with Gasteiger partial charge in [0.15, 0.2) is 0 Å². The van der Waals surface area contributed by atoms with Crippen LogP contribution in [0.5, 0.6) is 0 Å². The van der Waals surface area contributed by atoms with E-state index in [0.29, 0.717) is 6.04 Å². The third kappa shape index (κ3) is 1.57. The van der Waals surface area contributed by atoms with Gasteiger partial charge in [-0.1, -0.05) is 0 Å². The van der Waals surface area contributed by atoms with Crippen molar-refractivity contribution in [2.45, 2.75) is 38.8 Å². The van der Waals surface area contributed by atoms with Crippen LogP contribution < -0.4 is 5.32 Å². The molecule has 1 unspecified atom stereocenters. The fraction of sp³-hybridized carbons (Fsp3) is 0.846. The van der Waals surface area contributed by atoms with Crippen LogP contribution in [0.15, 0.2) is 11.3 Å². The third-order valence-electron chi connectivity index (χ3n) is 4.70. The van der Waals surface area contributed by atoms with Crippen LogP contribution in [0.3, 0.4) is 0 Å². The van der Waals surface area contributed by atoms with Crippen molar-refractivity contribution < 1.29 is 0 Å². The first kappa shape index (κ1) is 10.6. The molecule has 3 nitrogen and oxygen atoms in total. The van der Waals surface area contributed by atoms with Crippen molar-refractivity contribution in [3.8, 4) is 0 Å². The zero-order valence-electron chi connectivity index (χ0n) is 10.5. The molecule has 0 amide bonds. The highest BCUT2D eigenvalue weighted by molar-refractivity contribution is 5.30. The monoisotopic (exact) mass is 221 g/mol. The van der Waals surface area contributed by atoms with Crippen LogP contribution in [0.2, 0.25) is 0 Å². The topological polar surface area (TPSA) is 18.5 Å². The molecule has 90 valence electrons. The zero-order chi connectivity index (χ0) is 11.1. The van der Waals surface area contributed by atoms with E-state index >= 15 is 0 Å². The van der Waals surface area contributed by atoms with Crippen molar-refractivity contribution in [3.63, 3.8) is 0 Å². The summed E-state index contributed by atoms with van der Waals surface area (Å²) < 4.78 is 0. The van der Waals surface area contributed by atoms with Gasteiger partial charge in [-0.2, -0.15) is 0 Å². The maximum atomic E-state index is 3.45. The third-order valence-corrected chi connectivity index (χ3v) is 4.70. The van der Waals surface area contributed by atoms with Crippen LogP contribution in [0.1, 0.15) is 26.7 Å². The quantitative estimate of drug-likeness (QED) is 0.713. The first-order valence-corrected chi connectivity index (χ1v) is 6.68. The predicted molar refractivity (Wildman–Crippen MR) is 66.3 cm³/mol.